The maximum Gasteiger partial charge on any atom is 0.401 e. The second-order valence-corrected chi connectivity index (χ2v) is 4.88. The Kier molecular flexibility index (Phi) is 4.48. The van der Waals surface area contributed by atoms with Crippen LogP contribution >= 0.6 is 0 Å². The van der Waals surface area contributed by atoms with Crippen molar-refractivity contribution in [3.8, 4) is 6.07 Å². The van der Waals surface area contributed by atoms with Gasteiger partial charge in [-0.05, 0) is 18.2 Å². The number of nitrogens with zero attached hydrogens (tertiary/aromatic N) is 3. The molecule has 2 rings (SSSR count). The molecular weight excluding hydrogens is 283 g/mol. The van der Waals surface area contributed by atoms with Crippen LogP contribution in [0.25, 0.3) is 0 Å². The zero-order valence-corrected chi connectivity index (χ0v) is 11.2. The number of hydrogen-bond acceptors (Lipinski definition) is 4. The SMILES string of the molecule is N#Cc1cc(C=O)ccc1N1CCN(CC(F)(F)F)CC1. The molecule has 0 saturated carbocycles. The first-order valence-corrected chi connectivity index (χ1v) is 6.46. The summed E-state index contributed by atoms with van der Waals surface area (Å²) in [6.45, 7) is 0.520. The Labute approximate surface area is 120 Å². The molecule has 7 heteroatoms. The number of alkyl halides is 3. The summed E-state index contributed by atoms with van der Waals surface area (Å²) in [7, 11) is 0. The molecule has 0 bridgehead atoms. The van der Waals surface area contributed by atoms with Gasteiger partial charge in [-0.1, -0.05) is 0 Å². The van der Waals surface area contributed by atoms with Crippen LogP contribution in [0, 0.1) is 11.3 Å². The summed E-state index contributed by atoms with van der Waals surface area (Å²) < 4.78 is 37.0. The quantitative estimate of drug-likeness (QED) is 0.801. The molecule has 0 aliphatic carbocycles. The second-order valence-electron chi connectivity index (χ2n) is 4.88. The van der Waals surface area contributed by atoms with Crippen LogP contribution in [0.1, 0.15) is 15.9 Å². The molecule has 0 radical (unpaired) electrons. The number of carbonyl (C=O) groups is 1. The Morgan fingerprint density at radius 3 is 2.43 bits per heavy atom. The van der Waals surface area contributed by atoms with E-state index < -0.39 is 12.7 Å². The number of aldehydes is 1. The van der Waals surface area contributed by atoms with E-state index in [1.54, 1.807) is 12.1 Å². The van der Waals surface area contributed by atoms with Gasteiger partial charge in [0.05, 0.1) is 17.8 Å². The van der Waals surface area contributed by atoms with Crippen LogP contribution in [-0.2, 0) is 0 Å². The van der Waals surface area contributed by atoms with Crippen molar-refractivity contribution in [2.24, 2.45) is 0 Å². The van der Waals surface area contributed by atoms with Gasteiger partial charge in [-0.15, -0.1) is 0 Å². The van der Waals surface area contributed by atoms with Crippen LogP contribution in [-0.4, -0.2) is 50.1 Å². The molecule has 0 N–H and O–H groups in total. The van der Waals surface area contributed by atoms with Crippen LogP contribution in [0.3, 0.4) is 0 Å². The highest BCUT2D eigenvalue weighted by molar-refractivity contribution is 5.78. The van der Waals surface area contributed by atoms with Gasteiger partial charge in [-0.2, -0.15) is 18.4 Å². The summed E-state index contributed by atoms with van der Waals surface area (Å²) >= 11 is 0. The Bertz CT molecular complexity index is 558. The topological polar surface area (TPSA) is 47.3 Å². The highest BCUT2D eigenvalue weighted by Crippen LogP contribution is 2.24. The van der Waals surface area contributed by atoms with E-state index in [4.69, 9.17) is 5.26 Å². The molecule has 21 heavy (non-hydrogen) atoms. The molecule has 0 atom stereocenters. The van der Waals surface area contributed by atoms with Gasteiger partial charge in [0.2, 0.25) is 0 Å². The average molecular weight is 297 g/mol. The van der Waals surface area contributed by atoms with Gasteiger partial charge in [-0.3, -0.25) is 9.69 Å². The lowest BCUT2D eigenvalue weighted by molar-refractivity contribution is -0.146. The fraction of sp³-hybridized carbons (Fsp3) is 0.429. The molecule has 1 aromatic rings. The summed E-state index contributed by atoms with van der Waals surface area (Å²) in [4.78, 5) is 13.9. The monoisotopic (exact) mass is 297 g/mol. The smallest absolute Gasteiger partial charge is 0.368 e. The number of piperazine rings is 1. The molecule has 0 unspecified atom stereocenters. The molecule has 1 aromatic carbocycles. The number of carbonyl (C=O) groups excluding carboxylic acids is 1. The Hall–Kier alpha value is -2.07. The van der Waals surface area contributed by atoms with E-state index in [-0.39, 0.29) is 0 Å². The minimum Gasteiger partial charge on any atom is -0.368 e. The van der Waals surface area contributed by atoms with Gasteiger partial charge >= 0.3 is 6.18 Å². The summed E-state index contributed by atoms with van der Waals surface area (Å²) in [6, 6.07) is 6.78. The van der Waals surface area contributed by atoms with Crippen molar-refractivity contribution >= 4 is 12.0 Å². The molecule has 0 amide bonds. The predicted octanol–water partition coefficient (Wildman–Crippen LogP) is 2.06. The van der Waals surface area contributed by atoms with Crippen LogP contribution in [0.4, 0.5) is 18.9 Å². The maximum absolute atomic E-state index is 12.3. The third-order valence-electron chi connectivity index (χ3n) is 3.39. The van der Waals surface area contributed by atoms with Crippen LogP contribution < -0.4 is 4.90 Å². The lowest BCUT2D eigenvalue weighted by atomic mass is 10.1. The van der Waals surface area contributed by atoms with E-state index in [0.29, 0.717) is 49.3 Å². The molecule has 1 aliphatic rings. The van der Waals surface area contributed by atoms with Crippen molar-refractivity contribution in [2.75, 3.05) is 37.6 Å². The molecule has 0 aromatic heterocycles. The molecular formula is C14H14F3N3O. The lowest BCUT2D eigenvalue weighted by Crippen LogP contribution is -2.49. The van der Waals surface area contributed by atoms with E-state index in [1.165, 1.54) is 11.0 Å². The molecule has 1 aliphatic heterocycles. The third-order valence-corrected chi connectivity index (χ3v) is 3.39. The fourth-order valence-corrected chi connectivity index (χ4v) is 2.39. The summed E-state index contributed by atoms with van der Waals surface area (Å²) in [5.74, 6) is 0. The largest absolute Gasteiger partial charge is 0.401 e. The Morgan fingerprint density at radius 2 is 1.90 bits per heavy atom. The third kappa shape index (κ3) is 3.95. The highest BCUT2D eigenvalue weighted by atomic mass is 19.4. The first kappa shape index (κ1) is 15.3. The highest BCUT2D eigenvalue weighted by Gasteiger charge is 2.32. The zero-order chi connectivity index (χ0) is 15.5. The summed E-state index contributed by atoms with van der Waals surface area (Å²) in [6.07, 6.45) is -3.53. The maximum atomic E-state index is 12.3. The predicted molar refractivity (Wildman–Crippen MR) is 71.3 cm³/mol. The van der Waals surface area contributed by atoms with E-state index >= 15 is 0 Å². The first-order valence-electron chi connectivity index (χ1n) is 6.46. The van der Waals surface area contributed by atoms with Crippen LogP contribution in [0.15, 0.2) is 18.2 Å². The zero-order valence-electron chi connectivity index (χ0n) is 11.2. The van der Waals surface area contributed by atoms with E-state index in [2.05, 4.69) is 0 Å². The minimum absolute atomic E-state index is 0.291. The van der Waals surface area contributed by atoms with Crippen molar-refractivity contribution in [1.29, 1.82) is 5.26 Å². The number of anilines is 1. The van der Waals surface area contributed by atoms with Gasteiger partial charge in [0.1, 0.15) is 12.4 Å². The van der Waals surface area contributed by atoms with E-state index in [1.807, 2.05) is 11.0 Å². The van der Waals surface area contributed by atoms with Gasteiger partial charge in [0.15, 0.2) is 0 Å². The molecule has 1 fully saturated rings. The minimum atomic E-state index is -4.19. The summed E-state index contributed by atoms with van der Waals surface area (Å²) in [5.41, 5.74) is 1.43. The fourth-order valence-electron chi connectivity index (χ4n) is 2.39. The van der Waals surface area contributed by atoms with Gasteiger partial charge in [-0.25, -0.2) is 0 Å². The lowest BCUT2D eigenvalue weighted by Gasteiger charge is -2.36. The van der Waals surface area contributed by atoms with Gasteiger partial charge in [0, 0.05) is 31.7 Å². The molecule has 1 saturated heterocycles. The van der Waals surface area contributed by atoms with Crippen LogP contribution in [0.2, 0.25) is 0 Å². The average Bonchev–Trinajstić information content (AvgIpc) is 2.46. The number of halogens is 3. The second kappa shape index (κ2) is 6.14. The van der Waals surface area contributed by atoms with Crippen molar-refractivity contribution in [3.63, 3.8) is 0 Å². The van der Waals surface area contributed by atoms with Crippen molar-refractivity contribution < 1.29 is 18.0 Å². The standard InChI is InChI=1S/C14H14F3N3O/c15-14(16,17)10-19-3-5-20(6-4-19)13-2-1-11(9-21)7-12(13)8-18/h1-2,7,9H,3-6,10H2. The van der Waals surface area contributed by atoms with Gasteiger partial charge < -0.3 is 4.90 Å². The molecule has 112 valence electrons. The Morgan fingerprint density at radius 1 is 1.24 bits per heavy atom. The molecule has 0 spiro atoms. The molecule has 4 nitrogen and oxygen atoms in total. The Balaban J connectivity index is 2.06. The number of hydrogen-bond donors (Lipinski definition) is 0. The van der Waals surface area contributed by atoms with Crippen molar-refractivity contribution in [2.45, 2.75) is 6.18 Å². The summed E-state index contributed by atoms with van der Waals surface area (Å²) in [5, 5.41) is 9.12. The van der Waals surface area contributed by atoms with Crippen molar-refractivity contribution in [1.82, 2.24) is 4.90 Å². The first-order chi connectivity index (χ1) is 9.93. The van der Waals surface area contributed by atoms with Gasteiger partial charge in [0.25, 0.3) is 0 Å². The number of nitriles is 1. The number of benzene rings is 1. The van der Waals surface area contributed by atoms with E-state index in [9.17, 15) is 18.0 Å². The number of rotatable bonds is 3. The molecule has 1 heterocycles. The van der Waals surface area contributed by atoms with Crippen LogP contribution in [0.5, 0.6) is 0 Å². The van der Waals surface area contributed by atoms with E-state index in [0.717, 1.165) is 0 Å². The normalized spacial score (nSPS) is 16.6. The van der Waals surface area contributed by atoms with Crippen molar-refractivity contribution in [3.05, 3.63) is 29.3 Å².